The molecule has 2 N–H and O–H groups in total. The predicted molar refractivity (Wildman–Crippen MR) is 70.6 cm³/mol. The highest BCUT2D eigenvalue weighted by atomic mass is 19.4. The van der Waals surface area contributed by atoms with Crippen LogP contribution in [0.4, 0.5) is 30.7 Å². The van der Waals surface area contributed by atoms with Crippen LogP contribution in [0.2, 0.25) is 0 Å². The molecule has 0 saturated carbocycles. The first kappa shape index (κ1) is 18.1. The molecule has 2 rings (SSSR count). The monoisotopic (exact) mass is 353 g/mol. The molecule has 0 spiro atoms. The minimum Gasteiger partial charge on any atom is -0.406 e. The molecule has 2 nitrogen and oxygen atoms in total. The zero-order valence-corrected chi connectivity index (χ0v) is 11.8. The lowest BCUT2D eigenvalue weighted by Gasteiger charge is -2.16. The molecule has 0 aliphatic rings. The van der Waals surface area contributed by atoms with Gasteiger partial charge in [0, 0.05) is 5.56 Å². The van der Waals surface area contributed by atoms with Gasteiger partial charge in [-0.2, -0.15) is 13.2 Å². The van der Waals surface area contributed by atoms with E-state index >= 15 is 0 Å². The van der Waals surface area contributed by atoms with E-state index in [1.54, 1.807) is 0 Å². The van der Waals surface area contributed by atoms with Crippen LogP contribution in [-0.4, -0.2) is 6.36 Å². The number of benzene rings is 2. The van der Waals surface area contributed by atoms with Crippen LogP contribution in [0.25, 0.3) is 0 Å². The molecule has 130 valence electrons. The zero-order valence-electron chi connectivity index (χ0n) is 11.8. The van der Waals surface area contributed by atoms with Gasteiger partial charge in [0.25, 0.3) is 0 Å². The van der Waals surface area contributed by atoms with Crippen molar-refractivity contribution < 1.29 is 35.5 Å². The second-order valence-electron chi connectivity index (χ2n) is 4.83. The van der Waals surface area contributed by atoms with E-state index < -0.39 is 41.3 Å². The summed E-state index contributed by atoms with van der Waals surface area (Å²) in [5.74, 6) is -1.48. The first-order valence-corrected chi connectivity index (χ1v) is 6.45. The Kier molecular flexibility index (Phi) is 4.75. The Labute approximate surface area is 131 Å². The average Bonchev–Trinajstić information content (AvgIpc) is 2.45. The minimum absolute atomic E-state index is 0.128. The van der Waals surface area contributed by atoms with Crippen LogP contribution in [0.3, 0.4) is 0 Å². The number of rotatable bonds is 3. The molecule has 0 aliphatic carbocycles. The van der Waals surface area contributed by atoms with Crippen LogP contribution in [0, 0.1) is 5.82 Å². The van der Waals surface area contributed by atoms with Crippen molar-refractivity contribution in [3.05, 3.63) is 65.0 Å². The molecule has 0 bridgehead atoms. The van der Waals surface area contributed by atoms with Crippen LogP contribution < -0.4 is 10.5 Å². The molecule has 0 heterocycles. The van der Waals surface area contributed by atoms with E-state index in [0.717, 1.165) is 24.3 Å². The fourth-order valence-electron chi connectivity index (χ4n) is 2.01. The minimum atomic E-state index is -4.88. The summed E-state index contributed by atoms with van der Waals surface area (Å²) in [6, 6.07) is 4.61. The molecular weight excluding hydrogens is 343 g/mol. The lowest BCUT2D eigenvalue weighted by Crippen LogP contribution is -2.18. The van der Waals surface area contributed by atoms with E-state index in [1.807, 2.05) is 0 Å². The van der Waals surface area contributed by atoms with Crippen molar-refractivity contribution in [1.82, 2.24) is 0 Å². The molecule has 1 atom stereocenters. The van der Waals surface area contributed by atoms with Crippen molar-refractivity contribution in [3.63, 3.8) is 0 Å². The van der Waals surface area contributed by atoms with Gasteiger partial charge in [-0.3, -0.25) is 0 Å². The highest BCUT2D eigenvalue weighted by Gasteiger charge is 2.32. The Morgan fingerprint density at radius 3 is 1.96 bits per heavy atom. The van der Waals surface area contributed by atoms with Crippen molar-refractivity contribution in [3.8, 4) is 5.75 Å². The van der Waals surface area contributed by atoms with Gasteiger partial charge in [0.15, 0.2) is 0 Å². The maximum Gasteiger partial charge on any atom is 0.573 e. The number of ether oxygens (including phenoxy) is 1. The van der Waals surface area contributed by atoms with Crippen molar-refractivity contribution in [2.24, 2.45) is 5.73 Å². The summed E-state index contributed by atoms with van der Waals surface area (Å²) in [6.07, 6.45) is -9.55. The third kappa shape index (κ3) is 4.38. The van der Waals surface area contributed by atoms with Crippen molar-refractivity contribution in [1.29, 1.82) is 0 Å². The Balaban J connectivity index is 2.30. The second kappa shape index (κ2) is 6.31. The lowest BCUT2D eigenvalue weighted by atomic mass is 9.97. The highest BCUT2D eigenvalue weighted by Crippen LogP contribution is 2.33. The molecule has 0 radical (unpaired) electrons. The van der Waals surface area contributed by atoms with E-state index in [0.29, 0.717) is 18.2 Å². The van der Waals surface area contributed by atoms with Gasteiger partial charge in [-0.15, -0.1) is 13.2 Å². The van der Waals surface area contributed by atoms with Gasteiger partial charge in [-0.25, -0.2) is 4.39 Å². The summed E-state index contributed by atoms with van der Waals surface area (Å²) >= 11 is 0. The summed E-state index contributed by atoms with van der Waals surface area (Å²) in [4.78, 5) is 0. The van der Waals surface area contributed by atoms with Gasteiger partial charge in [-0.05, 0) is 35.9 Å². The van der Waals surface area contributed by atoms with Gasteiger partial charge in [0.05, 0.1) is 11.6 Å². The van der Waals surface area contributed by atoms with Crippen LogP contribution in [-0.2, 0) is 6.18 Å². The standard InChI is InChI=1S/C15H10F7NO/c16-12-6-3-9(14(17,18)19)7-11(12)13(23)8-1-4-10(5-2-8)24-15(20,21)22/h1-7,13H,23H2/t13-/m1/s1. The smallest absolute Gasteiger partial charge is 0.406 e. The van der Waals surface area contributed by atoms with E-state index in [2.05, 4.69) is 4.74 Å². The first-order chi connectivity index (χ1) is 11.0. The van der Waals surface area contributed by atoms with Gasteiger partial charge in [-0.1, -0.05) is 12.1 Å². The fraction of sp³-hybridized carbons (Fsp3) is 0.200. The normalized spacial score (nSPS) is 13.7. The van der Waals surface area contributed by atoms with Crippen LogP contribution in [0.15, 0.2) is 42.5 Å². The summed E-state index contributed by atoms with van der Waals surface area (Å²) in [5, 5.41) is 0. The number of alkyl halides is 6. The SMILES string of the molecule is N[C@H](c1ccc(OC(F)(F)F)cc1)c1cc(C(F)(F)F)ccc1F. The molecule has 0 unspecified atom stereocenters. The van der Waals surface area contributed by atoms with Gasteiger partial charge >= 0.3 is 12.5 Å². The van der Waals surface area contributed by atoms with Crippen molar-refractivity contribution in [2.75, 3.05) is 0 Å². The Hall–Kier alpha value is -2.29. The zero-order chi connectivity index (χ0) is 18.1. The van der Waals surface area contributed by atoms with Crippen molar-refractivity contribution in [2.45, 2.75) is 18.6 Å². The Morgan fingerprint density at radius 1 is 0.875 bits per heavy atom. The maximum atomic E-state index is 13.8. The molecule has 2 aromatic carbocycles. The van der Waals surface area contributed by atoms with Crippen LogP contribution in [0.1, 0.15) is 22.7 Å². The average molecular weight is 353 g/mol. The molecule has 9 heteroatoms. The molecule has 0 saturated heterocycles. The topological polar surface area (TPSA) is 35.2 Å². The largest absolute Gasteiger partial charge is 0.573 e. The molecule has 0 amide bonds. The van der Waals surface area contributed by atoms with Gasteiger partial charge in [0.2, 0.25) is 0 Å². The molecule has 0 fully saturated rings. The third-order valence-electron chi connectivity index (χ3n) is 3.13. The van der Waals surface area contributed by atoms with Crippen LogP contribution in [0.5, 0.6) is 5.75 Å². The second-order valence-corrected chi connectivity index (χ2v) is 4.83. The summed E-state index contributed by atoms with van der Waals surface area (Å²) in [5.41, 5.74) is 4.36. The molecule has 24 heavy (non-hydrogen) atoms. The number of nitrogens with two attached hydrogens (primary N) is 1. The van der Waals surface area contributed by atoms with Crippen LogP contribution >= 0.6 is 0 Å². The van der Waals surface area contributed by atoms with E-state index in [9.17, 15) is 30.7 Å². The predicted octanol–water partition coefficient (Wildman–Crippen LogP) is 4.79. The lowest BCUT2D eigenvalue weighted by molar-refractivity contribution is -0.274. The summed E-state index contributed by atoms with van der Waals surface area (Å²) in [7, 11) is 0. The quantitative estimate of drug-likeness (QED) is 0.805. The molecule has 0 aliphatic heterocycles. The highest BCUT2D eigenvalue weighted by molar-refractivity contribution is 5.38. The first-order valence-electron chi connectivity index (χ1n) is 6.45. The molecule has 0 aromatic heterocycles. The number of halogens is 7. The number of hydrogen-bond donors (Lipinski definition) is 1. The Morgan fingerprint density at radius 2 is 1.46 bits per heavy atom. The maximum absolute atomic E-state index is 13.8. The number of hydrogen-bond acceptors (Lipinski definition) is 2. The summed E-state index contributed by atoms with van der Waals surface area (Å²) < 4.78 is 91.7. The van der Waals surface area contributed by atoms with E-state index in [1.165, 1.54) is 0 Å². The van der Waals surface area contributed by atoms with Crippen molar-refractivity contribution >= 4 is 0 Å². The Bertz CT molecular complexity index is 707. The molecule has 2 aromatic rings. The summed E-state index contributed by atoms with van der Waals surface area (Å²) in [6.45, 7) is 0. The third-order valence-corrected chi connectivity index (χ3v) is 3.13. The molecular formula is C15H10F7NO. The van der Waals surface area contributed by atoms with E-state index in [4.69, 9.17) is 5.73 Å². The van der Waals surface area contributed by atoms with Gasteiger partial charge in [0.1, 0.15) is 11.6 Å². The fourth-order valence-corrected chi connectivity index (χ4v) is 2.01. The van der Waals surface area contributed by atoms with Gasteiger partial charge < -0.3 is 10.5 Å². The van der Waals surface area contributed by atoms with E-state index in [-0.39, 0.29) is 5.56 Å².